The van der Waals surface area contributed by atoms with Gasteiger partial charge in [0.25, 0.3) is 0 Å². The van der Waals surface area contributed by atoms with Gasteiger partial charge in [-0.25, -0.2) is 9.37 Å². The molecular weight excluding hydrogens is 375 g/mol. The number of aromatic nitrogens is 4. The number of imidazole rings is 1. The monoisotopic (exact) mass is 390 g/mol. The first-order chi connectivity index (χ1) is 13.6. The van der Waals surface area contributed by atoms with Crippen LogP contribution in [0.3, 0.4) is 0 Å². The van der Waals surface area contributed by atoms with E-state index in [1.54, 1.807) is 23.0 Å². The number of rotatable bonds is 3. The van der Waals surface area contributed by atoms with Crippen molar-refractivity contribution < 1.29 is 4.39 Å². The van der Waals surface area contributed by atoms with Crippen LogP contribution in [-0.4, -0.2) is 19.1 Å². The zero-order valence-electron chi connectivity index (χ0n) is 15.0. The van der Waals surface area contributed by atoms with E-state index >= 15 is 0 Å². The summed E-state index contributed by atoms with van der Waals surface area (Å²) in [5, 5.41) is 0. The summed E-state index contributed by atoms with van der Waals surface area (Å²) in [4.78, 5) is 20.9. The Labute approximate surface area is 163 Å². The number of thiazole rings is 1. The Morgan fingerprint density at radius 3 is 2.71 bits per heavy atom. The van der Waals surface area contributed by atoms with Crippen molar-refractivity contribution >= 4 is 32.6 Å². The van der Waals surface area contributed by atoms with Gasteiger partial charge in [-0.3, -0.25) is 18.9 Å². The van der Waals surface area contributed by atoms with E-state index in [1.165, 1.54) is 12.1 Å². The van der Waals surface area contributed by atoms with Crippen molar-refractivity contribution in [3.05, 3.63) is 87.8 Å². The van der Waals surface area contributed by atoms with Gasteiger partial charge in [0.2, 0.25) is 0 Å². The lowest BCUT2D eigenvalue weighted by atomic mass is 10.2. The lowest BCUT2D eigenvalue weighted by molar-refractivity contribution is 0.629. The number of benzene rings is 2. The Morgan fingerprint density at radius 1 is 1.07 bits per heavy atom. The van der Waals surface area contributed by atoms with Gasteiger partial charge in [0, 0.05) is 11.9 Å². The molecular formula is C21H15FN4OS. The minimum atomic E-state index is -0.330. The van der Waals surface area contributed by atoms with Gasteiger partial charge in [0.05, 0.1) is 28.5 Å². The number of pyridine rings is 1. The van der Waals surface area contributed by atoms with Gasteiger partial charge >= 0.3 is 4.87 Å². The van der Waals surface area contributed by atoms with Crippen molar-refractivity contribution in [2.75, 3.05) is 0 Å². The largest absolute Gasteiger partial charge is 0.308 e. The quantitative estimate of drug-likeness (QED) is 0.462. The Morgan fingerprint density at radius 2 is 1.89 bits per heavy atom. The highest BCUT2D eigenvalue weighted by atomic mass is 32.1. The lowest BCUT2D eigenvalue weighted by Crippen LogP contribution is -2.13. The number of halogens is 1. The van der Waals surface area contributed by atoms with Crippen LogP contribution in [-0.2, 0) is 6.54 Å². The molecule has 0 atom stereocenters. The molecule has 5 rings (SSSR count). The summed E-state index contributed by atoms with van der Waals surface area (Å²) in [5.41, 5.74) is 4.61. The van der Waals surface area contributed by atoms with Crippen molar-refractivity contribution in [1.82, 2.24) is 19.1 Å². The molecule has 0 unspecified atom stereocenters. The Bertz CT molecular complexity index is 1380. The summed E-state index contributed by atoms with van der Waals surface area (Å²) in [6.07, 6.45) is 3.51. The van der Waals surface area contributed by atoms with E-state index in [9.17, 15) is 9.18 Å². The zero-order valence-corrected chi connectivity index (χ0v) is 15.8. The predicted octanol–water partition coefficient (Wildman–Crippen LogP) is 4.29. The van der Waals surface area contributed by atoms with Crippen LogP contribution in [0.5, 0.6) is 0 Å². The molecule has 0 fully saturated rings. The number of fused-ring (bicyclic) bond motifs is 2. The van der Waals surface area contributed by atoms with Crippen LogP contribution < -0.4 is 4.87 Å². The fraction of sp³-hybridized carbons (Fsp3) is 0.0952. The molecule has 0 saturated carbocycles. The van der Waals surface area contributed by atoms with Crippen molar-refractivity contribution in [1.29, 1.82) is 0 Å². The van der Waals surface area contributed by atoms with E-state index in [1.807, 2.05) is 37.3 Å². The molecule has 7 heteroatoms. The van der Waals surface area contributed by atoms with E-state index in [0.717, 1.165) is 45.0 Å². The first kappa shape index (κ1) is 16.8. The molecule has 0 amide bonds. The van der Waals surface area contributed by atoms with Crippen LogP contribution in [0.25, 0.3) is 26.9 Å². The number of nitrogens with zero attached hydrogens (tertiary/aromatic N) is 4. The minimum Gasteiger partial charge on any atom is -0.296 e. The van der Waals surface area contributed by atoms with Crippen molar-refractivity contribution in [2.45, 2.75) is 13.5 Å². The van der Waals surface area contributed by atoms with Crippen LogP contribution >= 0.6 is 11.3 Å². The van der Waals surface area contributed by atoms with E-state index in [4.69, 9.17) is 0 Å². The van der Waals surface area contributed by atoms with Crippen LogP contribution in [0.2, 0.25) is 0 Å². The summed E-state index contributed by atoms with van der Waals surface area (Å²) in [5.74, 6) is 0.557. The Hall–Kier alpha value is -3.32. The minimum absolute atomic E-state index is 0.0892. The molecule has 138 valence electrons. The Balaban J connectivity index is 1.52. The van der Waals surface area contributed by atoms with Gasteiger partial charge in [-0.2, -0.15) is 0 Å². The van der Waals surface area contributed by atoms with Crippen molar-refractivity contribution in [3.8, 4) is 5.69 Å². The highest BCUT2D eigenvalue weighted by Crippen LogP contribution is 2.22. The van der Waals surface area contributed by atoms with E-state index < -0.39 is 0 Å². The van der Waals surface area contributed by atoms with Crippen LogP contribution in [0, 0.1) is 12.7 Å². The maximum atomic E-state index is 13.4. The van der Waals surface area contributed by atoms with Crippen molar-refractivity contribution in [3.63, 3.8) is 0 Å². The SMILES string of the molecule is Cc1nc2cnccc2n1-c1ccc(Cn2c(=O)sc3cc(F)ccc32)cc1. The number of aryl methyl sites for hydroxylation is 1. The van der Waals surface area contributed by atoms with Crippen molar-refractivity contribution in [2.24, 2.45) is 0 Å². The molecule has 0 aliphatic carbocycles. The highest BCUT2D eigenvalue weighted by molar-refractivity contribution is 7.16. The molecule has 0 bridgehead atoms. The molecule has 0 aliphatic rings. The molecule has 5 nitrogen and oxygen atoms in total. The third-order valence-electron chi connectivity index (χ3n) is 4.79. The van der Waals surface area contributed by atoms with Gasteiger partial charge in [-0.15, -0.1) is 0 Å². The van der Waals surface area contributed by atoms with E-state index in [2.05, 4.69) is 14.5 Å². The average molecular weight is 390 g/mol. The summed E-state index contributed by atoms with van der Waals surface area (Å²) < 4.78 is 17.8. The summed E-state index contributed by atoms with van der Waals surface area (Å²) in [6.45, 7) is 2.41. The molecule has 0 spiro atoms. The maximum absolute atomic E-state index is 13.4. The molecule has 28 heavy (non-hydrogen) atoms. The summed E-state index contributed by atoms with van der Waals surface area (Å²) in [7, 11) is 0. The molecule has 3 heterocycles. The molecule has 0 radical (unpaired) electrons. The van der Waals surface area contributed by atoms with E-state index in [-0.39, 0.29) is 10.7 Å². The first-order valence-corrected chi connectivity index (χ1v) is 9.59. The normalized spacial score (nSPS) is 11.5. The number of hydrogen-bond donors (Lipinski definition) is 0. The lowest BCUT2D eigenvalue weighted by Gasteiger charge is -2.09. The third-order valence-corrected chi connectivity index (χ3v) is 5.73. The zero-order chi connectivity index (χ0) is 19.3. The van der Waals surface area contributed by atoms with Crippen LogP contribution in [0.4, 0.5) is 4.39 Å². The number of hydrogen-bond acceptors (Lipinski definition) is 4. The molecule has 3 aromatic heterocycles. The maximum Gasteiger partial charge on any atom is 0.308 e. The standard InChI is InChI=1S/C21H15FN4OS/c1-13-24-17-11-23-9-8-18(17)26(13)16-5-2-14(3-6-16)12-25-19-7-4-15(22)10-20(19)28-21(25)27/h2-11H,12H2,1H3. The molecule has 0 aliphatic heterocycles. The van der Waals surface area contributed by atoms with E-state index in [0.29, 0.717) is 11.2 Å². The van der Waals surface area contributed by atoms with Crippen LogP contribution in [0.1, 0.15) is 11.4 Å². The van der Waals surface area contributed by atoms with Gasteiger partial charge in [0.1, 0.15) is 17.2 Å². The van der Waals surface area contributed by atoms with Gasteiger partial charge < -0.3 is 0 Å². The van der Waals surface area contributed by atoms with Gasteiger partial charge in [0.15, 0.2) is 0 Å². The fourth-order valence-corrected chi connectivity index (χ4v) is 4.42. The topological polar surface area (TPSA) is 52.7 Å². The summed E-state index contributed by atoms with van der Waals surface area (Å²) >= 11 is 1.07. The highest BCUT2D eigenvalue weighted by Gasteiger charge is 2.11. The fourth-order valence-electron chi connectivity index (χ4n) is 3.50. The average Bonchev–Trinajstić information content (AvgIpc) is 3.18. The molecule has 5 aromatic rings. The second-order valence-electron chi connectivity index (χ2n) is 6.59. The van der Waals surface area contributed by atoms with Gasteiger partial charge in [-0.1, -0.05) is 23.5 Å². The predicted molar refractivity (Wildman–Crippen MR) is 109 cm³/mol. The van der Waals surface area contributed by atoms with Crippen LogP contribution in [0.15, 0.2) is 65.7 Å². The summed E-state index contributed by atoms with van der Waals surface area (Å²) in [6, 6.07) is 14.4. The molecule has 2 aromatic carbocycles. The third kappa shape index (κ3) is 2.71. The smallest absolute Gasteiger partial charge is 0.296 e. The van der Waals surface area contributed by atoms with Gasteiger partial charge in [-0.05, 0) is 48.9 Å². The molecule has 0 saturated heterocycles. The first-order valence-electron chi connectivity index (χ1n) is 8.77. The second-order valence-corrected chi connectivity index (χ2v) is 7.58. The second kappa shape index (κ2) is 6.38. The Kier molecular flexibility index (Phi) is 3.84. The molecule has 0 N–H and O–H groups in total.